The molecule has 4 heteroatoms. The summed E-state index contributed by atoms with van der Waals surface area (Å²) >= 11 is 1.75. The van der Waals surface area contributed by atoms with Crippen molar-refractivity contribution in [3.8, 4) is 0 Å². The lowest BCUT2D eigenvalue weighted by Crippen LogP contribution is -2.43. The maximum atomic E-state index is 11.6. The van der Waals surface area contributed by atoms with E-state index in [1.54, 1.807) is 11.8 Å². The Balaban J connectivity index is 1.79. The van der Waals surface area contributed by atoms with E-state index >= 15 is 0 Å². The Morgan fingerprint density at radius 3 is 3.13 bits per heavy atom. The van der Waals surface area contributed by atoms with Gasteiger partial charge >= 0.3 is 0 Å². The SMILES string of the molecule is O=C(NCC1(O)CCSC1)C1=CCCC1. The Morgan fingerprint density at radius 2 is 2.53 bits per heavy atom. The molecule has 0 aromatic rings. The van der Waals surface area contributed by atoms with Crippen LogP contribution in [0.4, 0.5) is 0 Å². The largest absolute Gasteiger partial charge is 0.387 e. The third kappa shape index (κ3) is 2.75. The maximum absolute atomic E-state index is 11.6. The first kappa shape index (κ1) is 11.0. The molecule has 0 aromatic heterocycles. The van der Waals surface area contributed by atoms with E-state index in [2.05, 4.69) is 5.32 Å². The summed E-state index contributed by atoms with van der Waals surface area (Å²) in [6.07, 6.45) is 5.78. The van der Waals surface area contributed by atoms with Crippen molar-refractivity contribution in [1.82, 2.24) is 5.32 Å². The van der Waals surface area contributed by atoms with Crippen molar-refractivity contribution >= 4 is 17.7 Å². The van der Waals surface area contributed by atoms with Gasteiger partial charge in [0, 0.05) is 17.9 Å². The molecule has 0 spiro atoms. The lowest BCUT2D eigenvalue weighted by Gasteiger charge is -2.21. The molecule has 2 rings (SSSR count). The zero-order valence-corrected chi connectivity index (χ0v) is 9.61. The van der Waals surface area contributed by atoms with E-state index in [9.17, 15) is 9.90 Å². The fourth-order valence-corrected chi connectivity index (χ4v) is 3.27. The summed E-state index contributed by atoms with van der Waals surface area (Å²) in [6, 6.07) is 0. The van der Waals surface area contributed by atoms with Gasteiger partial charge in [-0.2, -0.15) is 11.8 Å². The molecule has 15 heavy (non-hydrogen) atoms. The van der Waals surface area contributed by atoms with Crippen LogP contribution in [0.2, 0.25) is 0 Å². The monoisotopic (exact) mass is 227 g/mol. The number of carbonyl (C=O) groups is 1. The quantitative estimate of drug-likeness (QED) is 0.758. The smallest absolute Gasteiger partial charge is 0.246 e. The predicted molar refractivity (Wildman–Crippen MR) is 61.8 cm³/mol. The summed E-state index contributed by atoms with van der Waals surface area (Å²) < 4.78 is 0. The van der Waals surface area contributed by atoms with Gasteiger partial charge in [-0.05, 0) is 31.4 Å². The fourth-order valence-electron chi connectivity index (χ4n) is 1.97. The van der Waals surface area contributed by atoms with E-state index in [1.807, 2.05) is 6.08 Å². The lowest BCUT2D eigenvalue weighted by molar-refractivity contribution is -0.118. The molecule has 1 atom stereocenters. The summed E-state index contributed by atoms with van der Waals surface area (Å²) in [6.45, 7) is 0.399. The molecule has 1 aliphatic carbocycles. The lowest BCUT2D eigenvalue weighted by atomic mass is 10.0. The van der Waals surface area contributed by atoms with Crippen LogP contribution in [0.25, 0.3) is 0 Å². The zero-order valence-electron chi connectivity index (χ0n) is 8.79. The molecule has 1 fully saturated rings. The Hall–Kier alpha value is -0.480. The summed E-state index contributed by atoms with van der Waals surface area (Å²) in [5.41, 5.74) is 0.226. The van der Waals surface area contributed by atoms with Crippen molar-refractivity contribution in [3.63, 3.8) is 0 Å². The molecule has 3 nitrogen and oxygen atoms in total. The molecule has 1 aliphatic heterocycles. The number of thioether (sulfide) groups is 1. The normalized spacial score (nSPS) is 30.3. The first-order valence-corrected chi connectivity index (χ1v) is 6.62. The Kier molecular flexibility index (Phi) is 3.36. The highest BCUT2D eigenvalue weighted by molar-refractivity contribution is 7.99. The van der Waals surface area contributed by atoms with Gasteiger partial charge in [-0.25, -0.2) is 0 Å². The molecular weight excluding hydrogens is 210 g/mol. The van der Waals surface area contributed by atoms with E-state index in [-0.39, 0.29) is 5.91 Å². The van der Waals surface area contributed by atoms with Gasteiger partial charge in [-0.15, -0.1) is 0 Å². The van der Waals surface area contributed by atoms with Gasteiger partial charge in [0.25, 0.3) is 0 Å². The molecule has 0 saturated carbocycles. The average molecular weight is 227 g/mol. The van der Waals surface area contributed by atoms with E-state index in [1.165, 1.54) is 0 Å². The van der Waals surface area contributed by atoms with E-state index in [0.29, 0.717) is 6.54 Å². The summed E-state index contributed by atoms with van der Waals surface area (Å²) in [5.74, 6) is 1.75. The molecule has 2 N–H and O–H groups in total. The van der Waals surface area contributed by atoms with Crippen LogP contribution in [0.15, 0.2) is 11.6 Å². The van der Waals surface area contributed by atoms with Crippen molar-refractivity contribution in [3.05, 3.63) is 11.6 Å². The number of allylic oxidation sites excluding steroid dienone is 1. The van der Waals surface area contributed by atoms with E-state index in [0.717, 1.165) is 42.8 Å². The number of amides is 1. The third-order valence-electron chi connectivity index (χ3n) is 2.99. The van der Waals surface area contributed by atoms with Crippen LogP contribution in [-0.4, -0.2) is 34.7 Å². The summed E-state index contributed by atoms with van der Waals surface area (Å²) in [5, 5.41) is 12.9. The van der Waals surface area contributed by atoms with Gasteiger partial charge in [0.05, 0.1) is 5.60 Å². The second-order valence-corrected chi connectivity index (χ2v) is 5.44. The minimum absolute atomic E-state index is 0.0119. The summed E-state index contributed by atoms with van der Waals surface area (Å²) in [4.78, 5) is 11.6. The molecule has 1 unspecified atom stereocenters. The van der Waals surface area contributed by atoms with Crippen molar-refractivity contribution in [2.75, 3.05) is 18.1 Å². The van der Waals surface area contributed by atoms with E-state index < -0.39 is 5.60 Å². The second kappa shape index (κ2) is 4.58. The number of hydrogen-bond donors (Lipinski definition) is 2. The van der Waals surface area contributed by atoms with Crippen LogP contribution in [0.5, 0.6) is 0 Å². The van der Waals surface area contributed by atoms with Crippen LogP contribution in [-0.2, 0) is 4.79 Å². The number of rotatable bonds is 3. The van der Waals surface area contributed by atoms with Crippen molar-refractivity contribution in [2.45, 2.75) is 31.3 Å². The Bertz CT molecular complexity index is 282. The standard InChI is InChI=1S/C11H17NO2S/c13-10(9-3-1-2-4-9)12-7-11(14)5-6-15-8-11/h3,14H,1-2,4-8H2,(H,12,13). The second-order valence-electron chi connectivity index (χ2n) is 4.33. The topological polar surface area (TPSA) is 49.3 Å². The fraction of sp³-hybridized carbons (Fsp3) is 0.727. The van der Waals surface area contributed by atoms with Gasteiger partial charge in [-0.1, -0.05) is 6.08 Å². The van der Waals surface area contributed by atoms with Crippen LogP contribution in [0, 0.1) is 0 Å². The molecule has 2 aliphatic rings. The molecule has 0 radical (unpaired) electrons. The van der Waals surface area contributed by atoms with Crippen molar-refractivity contribution in [2.24, 2.45) is 0 Å². The first-order chi connectivity index (χ1) is 7.20. The highest BCUT2D eigenvalue weighted by Gasteiger charge is 2.32. The minimum atomic E-state index is -0.667. The molecule has 0 bridgehead atoms. The molecular formula is C11H17NO2S. The van der Waals surface area contributed by atoms with Gasteiger partial charge in [0.2, 0.25) is 5.91 Å². The van der Waals surface area contributed by atoms with Gasteiger partial charge in [0.1, 0.15) is 0 Å². The first-order valence-electron chi connectivity index (χ1n) is 5.47. The zero-order chi connectivity index (χ0) is 10.7. The van der Waals surface area contributed by atoms with Gasteiger partial charge in [0.15, 0.2) is 0 Å². The van der Waals surface area contributed by atoms with Crippen LogP contribution in [0.3, 0.4) is 0 Å². The van der Waals surface area contributed by atoms with E-state index in [4.69, 9.17) is 0 Å². The highest BCUT2D eigenvalue weighted by Crippen LogP contribution is 2.27. The minimum Gasteiger partial charge on any atom is -0.387 e. The Morgan fingerprint density at radius 1 is 1.67 bits per heavy atom. The van der Waals surface area contributed by atoms with Crippen LogP contribution < -0.4 is 5.32 Å². The number of carbonyl (C=O) groups excluding carboxylic acids is 1. The van der Waals surface area contributed by atoms with Crippen LogP contribution >= 0.6 is 11.8 Å². The third-order valence-corrected chi connectivity index (χ3v) is 4.23. The van der Waals surface area contributed by atoms with Gasteiger partial charge in [-0.3, -0.25) is 4.79 Å². The average Bonchev–Trinajstić information content (AvgIpc) is 2.85. The number of aliphatic hydroxyl groups is 1. The Labute approximate surface area is 94.3 Å². The molecule has 1 saturated heterocycles. The van der Waals surface area contributed by atoms with Gasteiger partial charge < -0.3 is 10.4 Å². The number of nitrogens with one attached hydrogen (secondary N) is 1. The molecule has 0 aromatic carbocycles. The summed E-state index contributed by atoms with van der Waals surface area (Å²) in [7, 11) is 0. The highest BCUT2D eigenvalue weighted by atomic mass is 32.2. The number of hydrogen-bond acceptors (Lipinski definition) is 3. The van der Waals surface area contributed by atoms with Crippen molar-refractivity contribution < 1.29 is 9.90 Å². The predicted octanol–water partition coefficient (Wildman–Crippen LogP) is 1.08. The molecule has 1 amide bonds. The van der Waals surface area contributed by atoms with Crippen molar-refractivity contribution in [1.29, 1.82) is 0 Å². The maximum Gasteiger partial charge on any atom is 0.246 e. The molecule has 1 heterocycles. The van der Waals surface area contributed by atoms with Crippen LogP contribution in [0.1, 0.15) is 25.7 Å². The molecule has 84 valence electrons.